The Kier molecular flexibility index (Phi) is 7.64. The number of unbranched alkanes of at least 4 members (excludes halogenated alkanes) is 1. The first kappa shape index (κ1) is 22.0. The first-order valence-corrected chi connectivity index (χ1v) is 13.1. The maximum atomic E-state index is 13.2. The molecule has 0 bridgehead atoms. The SMILES string of the molecule is CCCCN1CC2CCCCC2C[C@H]1CNC(=O)c1cc(SCC)cc2c1OCC2. The number of likely N-dealkylation sites (tertiary alicyclic amines) is 1. The Labute approximate surface area is 186 Å². The van der Waals surface area contributed by atoms with Crippen molar-refractivity contribution in [3.05, 3.63) is 23.3 Å². The van der Waals surface area contributed by atoms with Crippen LogP contribution < -0.4 is 10.1 Å². The topological polar surface area (TPSA) is 41.6 Å². The van der Waals surface area contributed by atoms with Crippen molar-refractivity contribution < 1.29 is 9.53 Å². The van der Waals surface area contributed by atoms with Crippen molar-refractivity contribution in [3.8, 4) is 5.75 Å². The lowest BCUT2D eigenvalue weighted by Crippen LogP contribution is -2.52. The molecule has 5 heteroatoms. The Balaban J connectivity index is 1.44. The van der Waals surface area contributed by atoms with E-state index in [1.54, 1.807) is 11.8 Å². The molecule has 1 aromatic rings. The first-order chi connectivity index (χ1) is 14.7. The van der Waals surface area contributed by atoms with Gasteiger partial charge in [0.15, 0.2) is 0 Å². The molecule has 2 heterocycles. The second-order valence-electron chi connectivity index (χ2n) is 9.24. The van der Waals surface area contributed by atoms with Gasteiger partial charge in [0, 0.05) is 30.4 Å². The minimum absolute atomic E-state index is 0.0351. The van der Waals surface area contributed by atoms with Crippen LogP contribution in [0.3, 0.4) is 0 Å². The number of benzene rings is 1. The number of hydrogen-bond acceptors (Lipinski definition) is 4. The van der Waals surface area contributed by atoms with Crippen LogP contribution in [0.1, 0.15) is 74.7 Å². The van der Waals surface area contributed by atoms with Crippen molar-refractivity contribution in [1.29, 1.82) is 0 Å². The number of ether oxygens (including phenoxy) is 1. The zero-order valence-electron chi connectivity index (χ0n) is 18.8. The van der Waals surface area contributed by atoms with Gasteiger partial charge >= 0.3 is 0 Å². The van der Waals surface area contributed by atoms with E-state index in [9.17, 15) is 4.79 Å². The van der Waals surface area contributed by atoms with Crippen LogP contribution in [0.5, 0.6) is 5.75 Å². The molecule has 2 aliphatic heterocycles. The number of thioether (sulfide) groups is 1. The van der Waals surface area contributed by atoms with Gasteiger partial charge in [0.2, 0.25) is 0 Å². The third kappa shape index (κ3) is 4.99. The minimum atomic E-state index is 0.0351. The Bertz CT molecular complexity index is 738. The minimum Gasteiger partial charge on any atom is -0.492 e. The Morgan fingerprint density at radius 3 is 2.87 bits per heavy atom. The maximum absolute atomic E-state index is 13.2. The number of hydrogen-bond donors (Lipinski definition) is 1. The molecule has 1 aliphatic carbocycles. The predicted molar refractivity (Wildman–Crippen MR) is 125 cm³/mol. The molecule has 1 amide bonds. The highest BCUT2D eigenvalue weighted by molar-refractivity contribution is 7.99. The van der Waals surface area contributed by atoms with E-state index in [-0.39, 0.29) is 5.91 Å². The molecule has 30 heavy (non-hydrogen) atoms. The monoisotopic (exact) mass is 430 g/mol. The van der Waals surface area contributed by atoms with Crippen LogP contribution in [-0.2, 0) is 6.42 Å². The highest BCUT2D eigenvalue weighted by Crippen LogP contribution is 2.39. The van der Waals surface area contributed by atoms with E-state index in [1.165, 1.54) is 68.5 Å². The van der Waals surface area contributed by atoms with Gasteiger partial charge in [-0.2, -0.15) is 0 Å². The summed E-state index contributed by atoms with van der Waals surface area (Å²) >= 11 is 1.80. The molecule has 2 fully saturated rings. The van der Waals surface area contributed by atoms with E-state index in [1.807, 2.05) is 6.07 Å². The van der Waals surface area contributed by atoms with Crippen molar-refractivity contribution in [3.63, 3.8) is 0 Å². The number of carbonyl (C=O) groups is 1. The Morgan fingerprint density at radius 1 is 1.23 bits per heavy atom. The second-order valence-corrected chi connectivity index (χ2v) is 10.6. The van der Waals surface area contributed by atoms with E-state index >= 15 is 0 Å². The second kappa shape index (κ2) is 10.4. The lowest BCUT2D eigenvalue weighted by molar-refractivity contribution is 0.0370. The normalized spacial score (nSPS) is 26.0. The average Bonchev–Trinajstić information content (AvgIpc) is 3.24. The highest BCUT2D eigenvalue weighted by atomic mass is 32.2. The molecule has 1 N–H and O–H groups in total. The summed E-state index contributed by atoms with van der Waals surface area (Å²) in [6.07, 6.45) is 10.2. The van der Waals surface area contributed by atoms with Crippen LogP contribution in [-0.4, -0.2) is 48.8 Å². The van der Waals surface area contributed by atoms with Crippen LogP contribution in [0, 0.1) is 11.8 Å². The fraction of sp³-hybridized carbons (Fsp3) is 0.720. The molecule has 0 radical (unpaired) electrons. The third-order valence-electron chi connectivity index (χ3n) is 7.24. The third-order valence-corrected chi connectivity index (χ3v) is 8.09. The zero-order valence-corrected chi connectivity index (χ0v) is 19.6. The fourth-order valence-electron chi connectivity index (χ4n) is 5.63. The number of carbonyl (C=O) groups excluding carboxylic acids is 1. The molecular formula is C25H38N2O2S. The Hall–Kier alpha value is -1.20. The molecule has 2 unspecified atom stereocenters. The van der Waals surface area contributed by atoms with E-state index in [4.69, 9.17) is 4.74 Å². The van der Waals surface area contributed by atoms with Gasteiger partial charge in [-0.15, -0.1) is 11.8 Å². The summed E-state index contributed by atoms with van der Waals surface area (Å²) in [6, 6.07) is 4.70. The average molecular weight is 431 g/mol. The Morgan fingerprint density at radius 2 is 2.07 bits per heavy atom. The van der Waals surface area contributed by atoms with Gasteiger partial charge in [-0.05, 0) is 61.1 Å². The smallest absolute Gasteiger partial charge is 0.255 e. The van der Waals surface area contributed by atoms with Crippen molar-refractivity contribution in [2.45, 2.75) is 76.2 Å². The first-order valence-electron chi connectivity index (χ1n) is 12.1. The molecular weight excluding hydrogens is 392 g/mol. The van der Waals surface area contributed by atoms with Crippen LogP contribution in [0.25, 0.3) is 0 Å². The van der Waals surface area contributed by atoms with Crippen molar-refractivity contribution in [2.75, 3.05) is 32.0 Å². The molecule has 1 saturated heterocycles. The number of nitrogens with zero attached hydrogens (tertiary/aromatic N) is 1. The number of amides is 1. The summed E-state index contributed by atoms with van der Waals surface area (Å²) in [6.45, 7) is 8.26. The van der Waals surface area contributed by atoms with Crippen LogP contribution in [0.15, 0.2) is 17.0 Å². The molecule has 1 aromatic carbocycles. The van der Waals surface area contributed by atoms with Gasteiger partial charge in [0.05, 0.1) is 12.2 Å². The molecule has 4 nitrogen and oxygen atoms in total. The summed E-state index contributed by atoms with van der Waals surface area (Å²) in [5.41, 5.74) is 1.92. The number of fused-ring (bicyclic) bond motifs is 2. The lowest BCUT2D eigenvalue weighted by atomic mass is 9.73. The lowest BCUT2D eigenvalue weighted by Gasteiger charge is -2.46. The molecule has 3 atom stereocenters. The van der Waals surface area contributed by atoms with Gasteiger partial charge in [0.1, 0.15) is 5.75 Å². The summed E-state index contributed by atoms with van der Waals surface area (Å²) < 4.78 is 5.84. The van der Waals surface area contributed by atoms with Gasteiger partial charge in [-0.25, -0.2) is 0 Å². The van der Waals surface area contributed by atoms with Crippen molar-refractivity contribution >= 4 is 17.7 Å². The zero-order chi connectivity index (χ0) is 20.9. The van der Waals surface area contributed by atoms with Crippen LogP contribution in [0.2, 0.25) is 0 Å². The van der Waals surface area contributed by atoms with Gasteiger partial charge in [0.25, 0.3) is 5.91 Å². The summed E-state index contributed by atoms with van der Waals surface area (Å²) in [5, 5.41) is 3.30. The molecule has 1 saturated carbocycles. The van der Waals surface area contributed by atoms with Crippen LogP contribution >= 0.6 is 11.8 Å². The van der Waals surface area contributed by atoms with Crippen molar-refractivity contribution in [1.82, 2.24) is 10.2 Å². The largest absolute Gasteiger partial charge is 0.492 e. The standard InChI is InChI=1S/C25H38N2O2S/c1-3-5-11-27-17-20-9-7-6-8-18(20)13-21(27)16-26-25(28)23-15-22(30-4-2)14-19-10-12-29-24(19)23/h14-15,18,20-21H,3-13,16-17H2,1-2H3,(H,26,28)/t18?,20?,21-/m0/s1. The molecule has 166 valence electrons. The van der Waals surface area contributed by atoms with Crippen molar-refractivity contribution in [2.24, 2.45) is 11.8 Å². The maximum Gasteiger partial charge on any atom is 0.255 e. The van der Waals surface area contributed by atoms with Gasteiger partial charge in [-0.3, -0.25) is 9.69 Å². The van der Waals surface area contributed by atoms with Gasteiger partial charge < -0.3 is 10.1 Å². The molecule has 0 spiro atoms. The number of nitrogens with one attached hydrogen (secondary N) is 1. The molecule has 3 aliphatic rings. The van der Waals surface area contributed by atoms with Crippen LogP contribution in [0.4, 0.5) is 0 Å². The highest BCUT2D eigenvalue weighted by Gasteiger charge is 2.36. The van der Waals surface area contributed by atoms with Gasteiger partial charge in [-0.1, -0.05) is 39.5 Å². The van der Waals surface area contributed by atoms with E-state index in [0.29, 0.717) is 12.6 Å². The molecule has 0 aromatic heterocycles. The fourth-order valence-corrected chi connectivity index (χ4v) is 6.39. The summed E-state index contributed by atoms with van der Waals surface area (Å²) in [5.74, 6) is 3.59. The predicted octanol–water partition coefficient (Wildman–Crippen LogP) is 5.14. The van der Waals surface area contributed by atoms with E-state index in [2.05, 4.69) is 30.1 Å². The molecule has 4 rings (SSSR count). The van der Waals surface area contributed by atoms with E-state index < -0.39 is 0 Å². The summed E-state index contributed by atoms with van der Waals surface area (Å²) in [4.78, 5) is 17.0. The summed E-state index contributed by atoms with van der Waals surface area (Å²) in [7, 11) is 0. The number of piperidine rings is 1. The quantitative estimate of drug-likeness (QED) is 0.580. The van der Waals surface area contributed by atoms with E-state index in [0.717, 1.165) is 41.9 Å². The number of rotatable bonds is 8.